The van der Waals surface area contributed by atoms with Crippen molar-refractivity contribution in [3.05, 3.63) is 46.8 Å². The fourth-order valence-corrected chi connectivity index (χ4v) is 4.45. The van der Waals surface area contributed by atoms with Crippen molar-refractivity contribution in [3.63, 3.8) is 0 Å². The van der Waals surface area contributed by atoms with Crippen molar-refractivity contribution < 1.29 is 14.0 Å². The van der Waals surface area contributed by atoms with Gasteiger partial charge < -0.3 is 18.6 Å². The second-order valence-corrected chi connectivity index (χ2v) is 8.33. The lowest BCUT2D eigenvalue weighted by Gasteiger charge is -2.27. The van der Waals surface area contributed by atoms with Crippen LogP contribution in [0.4, 0.5) is 0 Å². The van der Waals surface area contributed by atoms with E-state index in [1.165, 1.54) is 0 Å². The third-order valence-corrected chi connectivity index (χ3v) is 6.52. The van der Waals surface area contributed by atoms with Gasteiger partial charge in [0.25, 0.3) is 11.4 Å². The minimum absolute atomic E-state index is 0.128. The summed E-state index contributed by atoms with van der Waals surface area (Å²) in [5.74, 6) is 0.738. The molecule has 1 aliphatic heterocycles. The molecule has 4 aromatic rings. The van der Waals surface area contributed by atoms with Crippen molar-refractivity contribution >= 4 is 16.6 Å². The predicted molar refractivity (Wildman–Crippen MR) is 115 cm³/mol. The average molecular weight is 436 g/mol. The normalized spacial score (nSPS) is 18.5. The van der Waals surface area contributed by atoms with Crippen LogP contribution in [0.3, 0.4) is 0 Å². The third kappa shape index (κ3) is 3.06. The molecule has 2 fully saturated rings. The van der Waals surface area contributed by atoms with Gasteiger partial charge in [0.05, 0.1) is 24.2 Å². The smallest absolute Gasteiger partial charge is 0.279 e. The molecule has 1 saturated heterocycles. The van der Waals surface area contributed by atoms with Gasteiger partial charge in [-0.25, -0.2) is 4.98 Å². The quantitative estimate of drug-likeness (QED) is 0.450. The van der Waals surface area contributed by atoms with E-state index >= 15 is 0 Å². The first kappa shape index (κ1) is 19.6. The third-order valence-electron chi connectivity index (χ3n) is 6.52. The number of methoxy groups -OCH3 is 1. The topological polar surface area (TPSA) is 99.9 Å². The molecule has 0 N–H and O–H groups in total. The summed E-state index contributed by atoms with van der Waals surface area (Å²) in [5, 5.41) is 4.11. The summed E-state index contributed by atoms with van der Waals surface area (Å²) in [7, 11) is 1.65. The van der Waals surface area contributed by atoms with Gasteiger partial charge in [-0.05, 0) is 25.0 Å². The highest BCUT2D eigenvalue weighted by molar-refractivity contribution is 5.83. The minimum atomic E-state index is -0.470. The number of morpholine rings is 1. The molecule has 0 amide bonds. The van der Waals surface area contributed by atoms with E-state index in [-0.39, 0.29) is 11.4 Å². The Balaban J connectivity index is 1.46. The van der Waals surface area contributed by atoms with Crippen LogP contribution in [0.5, 0.6) is 0 Å². The first-order valence-corrected chi connectivity index (χ1v) is 10.9. The molecule has 6 rings (SSSR count). The van der Waals surface area contributed by atoms with E-state index in [2.05, 4.69) is 20.0 Å². The molecule has 10 nitrogen and oxygen atoms in total. The Bertz CT molecular complexity index is 1350. The standard InChI is InChI=1S/C22H24N6O4/c1-30-22(6-7-22)21-24-19(32-25-21)17-18-20(29)27(9-8-26-10-12-31-13-11-26)15-4-2-3-5-16(15)28(18)14-23-17/h2-5,14H,6-13H2,1H3. The number of hydrogen-bond acceptors (Lipinski definition) is 8. The number of benzene rings is 1. The molecule has 1 saturated carbocycles. The molecule has 4 heterocycles. The zero-order chi connectivity index (χ0) is 21.7. The van der Waals surface area contributed by atoms with Gasteiger partial charge in [-0.3, -0.25) is 14.1 Å². The second-order valence-electron chi connectivity index (χ2n) is 8.33. The Morgan fingerprint density at radius 1 is 1.12 bits per heavy atom. The number of hydrogen-bond donors (Lipinski definition) is 0. The van der Waals surface area contributed by atoms with Crippen molar-refractivity contribution in [2.24, 2.45) is 0 Å². The summed E-state index contributed by atoms with van der Waals surface area (Å²) in [4.78, 5) is 25.0. The molecular formula is C22H24N6O4. The van der Waals surface area contributed by atoms with Gasteiger partial charge in [0.2, 0.25) is 5.82 Å². The first-order chi connectivity index (χ1) is 15.7. The molecule has 0 atom stereocenters. The molecule has 0 radical (unpaired) electrons. The van der Waals surface area contributed by atoms with E-state index in [1.54, 1.807) is 13.4 Å². The maximum atomic E-state index is 13.7. The number of aromatic nitrogens is 5. The van der Waals surface area contributed by atoms with Crippen LogP contribution in [0.1, 0.15) is 18.7 Å². The van der Waals surface area contributed by atoms with E-state index in [4.69, 9.17) is 14.0 Å². The van der Waals surface area contributed by atoms with Gasteiger partial charge in [0.1, 0.15) is 17.4 Å². The zero-order valence-electron chi connectivity index (χ0n) is 17.9. The molecule has 0 spiro atoms. The van der Waals surface area contributed by atoms with Crippen molar-refractivity contribution in [2.45, 2.75) is 25.0 Å². The molecule has 3 aromatic heterocycles. The highest BCUT2D eigenvalue weighted by Gasteiger charge is 2.49. The first-order valence-electron chi connectivity index (χ1n) is 10.9. The minimum Gasteiger partial charge on any atom is -0.379 e. The zero-order valence-corrected chi connectivity index (χ0v) is 17.9. The Labute approximate surface area is 183 Å². The number of ether oxygens (including phenoxy) is 2. The monoisotopic (exact) mass is 436 g/mol. The molecule has 166 valence electrons. The van der Waals surface area contributed by atoms with Crippen molar-refractivity contribution in [2.75, 3.05) is 40.0 Å². The van der Waals surface area contributed by atoms with Gasteiger partial charge in [-0.1, -0.05) is 17.3 Å². The highest BCUT2D eigenvalue weighted by Crippen LogP contribution is 2.47. The summed E-state index contributed by atoms with van der Waals surface area (Å²) < 4.78 is 20.1. The van der Waals surface area contributed by atoms with E-state index < -0.39 is 5.60 Å². The van der Waals surface area contributed by atoms with Gasteiger partial charge in [-0.15, -0.1) is 0 Å². The average Bonchev–Trinajstić information content (AvgIpc) is 3.26. The van der Waals surface area contributed by atoms with Crippen LogP contribution in [-0.2, 0) is 21.6 Å². The lowest BCUT2D eigenvalue weighted by Crippen LogP contribution is -2.39. The van der Waals surface area contributed by atoms with Crippen LogP contribution in [0, 0.1) is 0 Å². The van der Waals surface area contributed by atoms with Crippen LogP contribution in [0.25, 0.3) is 28.1 Å². The predicted octanol–water partition coefficient (Wildman–Crippen LogP) is 1.67. The Morgan fingerprint density at radius 2 is 1.91 bits per heavy atom. The molecule has 10 heteroatoms. The van der Waals surface area contributed by atoms with Crippen molar-refractivity contribution in [1.29, 1.82) is 0 Å². The molecule has 0 bridgehead atoms. The highest BCUT2D eigenvalue weighted by atomic mass is 16.5. The van der Waals surface area contributed by atoms with Gasteiger partial charge >= 0.3 is 0 Å². The summed E-state index contributed by atoms with van der Waals surface area (Å²) in [6.45, 7) is 4.54. The van der Waals surface area contributed by atoms with Crippen LogP contribution in [0.2, 0.25) is 0 Å². The largest absolute Gasteiger partial charge is 0.379 e. The Kier molecular flexibility index (Phi) is 4.60. The van der Waals surface area contributed by atoms with Crippen LogP contribution in [0.15, 0.2) is 39.9 Å². The SMILES string of the molecule is COC1(c2noc(-c3ncn4c3c(=O)n(CCN3CCOCC3)c3ccccc34)n2)CC1. The van der Waals surface area contributed by atoms with Crippen LogP contribution >= 0.6 is 0 Å². The van der Waals surface area contributed by atoms with Crippen LogP contribution in [-0.4, -0.2) is 69.0 Å². The lowest BCUT2D eigenvalue weighted by molar-refractivity contribution is 0.0364. The molecule has 0 unspecified atom stereocenters. The Hall–Kier alpha value is -3.08. The second kappa shape index (κ2) is 7.51. The number of para-hydroxylation sites is 2. The van der Waals surface area contributed by atoms with E-state index in [0.717, 1.165) is 56.7 Å². The van der Waals surface area contributed by atoms with Gasteiger partial charge in [0, 0.05) is 33.3 Å². The maximum absolute atomic E-state index is 13.7. The molecule has 2 aliphatic rings. The fraction of sp³-hybridized carbons (Fsp3) is 0.455. The number of rotatable bonds is 6. The summed E-state index contributed by atoms with van der Waals surface area (Å²) >= 11 is 0. The van der Waals surface area contributed by atoms with Gasteiger partial charge in [0.15, 0.2) is 5.69 Å². The van der Waals surface area contributed by atoms with Crippen molar-refractivity contribution in [1.82, 2.24) is 29.0 Å². The summed E-state index contributed by atoms with van der Waals surface area (Å²) in [6.07, 6.45) is 3.35. The summed E-state index contributed by atoms with van der Waals surface area (Å²) in [6, 6.07) is 7.86. The van der Waals surface area contributed by atoms with E-state index in [0.29, 0.717) is 23.6 Å². The maximum Gasteiger partial charge on any atom is 0.279 e. The van der Waals surface area contributed by atoms with E-state index in [1.807, 2.05) is 33.2 Å². The van der Waals surface area contributed by atoms with Crippen molar-refractivity contribution in [3.8, 4) is 11.6 Å². The van der Waals surface area contributed by atoms with E-state index in [9.17, 15) is 4.79 Å². The molecular weight excluding hydrogens is 412 g/mol. The van der Waals surface area contributed by atoms with Crippen LogP contribution < -0.4 is 5.56 Å². The molecule has 1 aromatic carbocycles. The molecule has 32 heavy (non-hydrogen) atoms. The number of fused-ring (bicyclic) bond motifs is 3. The van der Waals surface area contributed by atoms with Gasteiger partial charge in [-0.2, -0.15) is 4.98 Å². The number of imidazole rings is 1. The number of nitrogens with zero attached hydrogens (tertiary/aromatic N) is 6. The fourth-order valence-electron chi connectivity index (χ4n) is 4.45. The Morgan fingerprint density at radius 3 is 2.66 bits per heavy atom. The molecule has 1 aliphatic carbocycles. The summed E-state index contributed by atoms with van der Waals surface area (Å²) in [5.41, 5.74) is 2.00. The lowest BCUT2D eigenvalue weighted by atomic mass is 10.2.